The van der Waals surface area contributed by atoms with Gasteiger partial charge >= 0.3 is 0 Å². The Labute approximate surface area is 238 Å². The predicted molar refractivity (Wildman–Crippen MR) is 151 cm³/mol. The van der Waals surface area contributed by atoms with Gasteiger partial charge in [-0.3, -0.25) is 28.8 Å². The number of rotatable bonds is 15. The van der Waals surface area contributed by atoms with Crippen molar-refractivity contribution in [1.29, 1.82) is 0 Å². The molecule has 0 aromatic heterocycles. The minimum Gasteiger partial charge on any atom is -0.363 e. The molecule has 9 nitrogen and oxygen atoms in total. The monoisotopic (exact) mass is 557 g/mol. The lowest BCUT2D eigenvalue weighted by Crippen LogP contribution is -2.49. The molecule has 1 saturated heterocycles. The second-order valence-electron chi connectivity index (χ2n) is 14.0. The Morgan fingerprint density at radius 2 is 1.73 bits per heavy atom. The first-order chi connectivity index (χ1) is 18.6. The molecule has 0 spiro atoms. The first-order valence-electron chi connectivity index (χ1n) is 14.7. The Hall–Kier alpha value is -2.84. The van der Waals surface area contributed by atoms with Crippen LogP contribution in [-0.2, 0) is 28.8 Å². The lowest BCUT2D eigenvalue weighted by molar-refractivity contribution is -0.145. The van der Waals surface area contributed by atoms with Crippen LogP contribution in [0, 0.1) is 40.4 Å². The summed E-state index contributed by atoms with van der Waals surface area (Å²) in [5.74, 6) is -3.68. The van der Waals surface area contributed by atoms with Gasteiger partial charge in [0.25, 0.3) is 5.91 Å². The number of hydrogen-bond acceptors (Lipinski definition) is 6. The Balaban J connectivity index is 1.81. The van der Waals surface area contributed by atoms with Crippen LogP contribution in [0.1, 0.15) is 86.0 Å². The van der Waals surface area contributed by atoms with E-state index in [9.17, 15) is 28.8 Å². The summed E-state index contributed by atoms with van der Waals surface area (Å²) in [5, 5.41) is 2.69. The quantitative estimate of drug-likeness (QED) is 0.234. The summed E-state index contributed by atoms with van der Waals surface area (Å²) in [7, 11) is 0. The van der Waals surface area contributed by atoms with Gasteiger partial charge in [-0.2, -0.15) is 0 Å². The number of nitrogens with two attached hydrogens (primary N) is 1. The average Bonchev–Trinajstić information content (AvgIpc) is 3.15. The Bertz CT molecular complexity index is 1050. The number of carbonyl (C=O) groups excluding carboxylic acids is 6. The van der Waals surface area contributed by atoms with Crippen molar-refractivity contribution in [2.75, 3.05) is 13.1 Å². The molecule has 3 N–H and O–H groups in total. The maximum atomic E-state index is 14.0. The number of amides is 3. The summed E-state index contributed by atoms with van der Waals surface area (Å²) in [4.78, 5) is 78.5. The maximum Gasteiger partial charge on any atom is 0.285 e. The van der Waals surface area contributed by atoms with Crippen LogP contribution in [0.3, 0.4) is 0 Å². The molecule has 3 rings (SSSR count). The van der Waals surface area contributed by atoms with Crippen LogP contribution in [0.4, 0.5) is 0 Å². The molecule has 0 bridgehead atoms. The normalized spacial score (nSPS) is 24.7. The number of hydrogen-bond donors (Lipinski definition) is 2. The molecule has 222 valence electrons. The zero-order valence-electron chi connectivity index (χ0n) is 24.8. The largest absolute Gasteiger partial charge is 0.363 e. The zero-order chi connectivity index (χ0) is 30.0. The van der Waals surface area contributed by atoms with E-state index in [0.717, 1.165) is 25.3 Å². The molecule has 1 aliphatic heterocycles. The number of primary amides is 1. The van der Waals surface area contributed by atoms with Gasteiger partial charge < -0.3 is 16.0 Å². The van der Waals surface area contributed by atoms with Gasteiger partial charge in [-0.25, -0.2) is 0 Å². The van der Waals surface area contributed by atoms with Crippen molar-refractivity contribution in [1.82, 2.24) is 10.2 Å². The molecule has 1 heterocycles. The molecule has 0 aromatic carbocycles. The topological polar surface area (TPSA) is 144 Å². The summed E-state index contributed by atoms with van der Waals surface area (Å²) < 4.78 is 0. The van der Waals surface area contributed by atoms with E-state index >= 15 is 0 Å². The number of carbonyl (C=O) groups is 6. The number of nitrogens with zero attached hydrogens (tertiary/aromatic N) is 1. The van der Waals surface area contributed by atoms with Gasteiger partial charge in [0.05, 0.1) is 6.04 Å². The van der Waals surface area contributed by atoms with Crippen molar-refractivity contribution >= 4 is 35.1 Å². The fraction of sp³-hybridized carbons (Fsp3) is 0.742. The van der Waals surface area contributed by atoms with Gasteiger partial charge in [0.1, 0.15) is 5.78 Å². The third-order valence-electron chi connectivity index (χ3n) is 9.25. The molecule has 40 heavy (non-hydrogen) atoms. The fourth-order valence-electron chi connectivity index (χ4n) is 6.79. The molecular formula is C31H47N3O6. The predicted octanol–water partition coefficient (Wildman–Crippen LogP) is 2.99. The maximum absolute atomic E-state index is 14.0. The van der Waals surface area contributed by atoms with Gasteiger partial charge in [0.2, 0.25) is 17.6 Å². The Morgan fingerprint density at radius 1 is 1.07 bits per heavy atom. The molecule has 3 fully saturated rings. The fourth-order valence-corrected chi connectivity index (χ4v) is 6.79. The number of likely N-dealkylation sites (tertiary alicyclic amines) is 1. The lowest BCUT2D eigenvalue weighted by Gasteiger charge is -2.34. The molecular weight excluding hydrogens is 510 g/mol. The van der Waals surface area contributed by atoms with Crippen molar-refractivity contribution in [2.45, 2.75) is 92.0 Å². The SMILES string of the molecule is C=CC(=O)NCC[C@H](CC(=O)CC(C)(C)C)C(=O)N1CC2[C@@H]([C@H]1C(=O)CC(CC1CCC1)C(=O)C(N)=O)C2(C)C. The van der Waals surface area contributed by atoms with Gasteiger partial charge in [0.15, 0.2) is 5.78 Å². The van der Waals surface area contributed by atoms with E-state index in [2.05, 4.69) is 25.7 Å². The molecule has 3 amide bonds. The van der Waals surface area contributed by atoms with Crippen LogP contribution in [0.5, 0.6) is 0 Å². The molecule has 0 aromatic rings. The van der Waals surface area contributed by atoms with Crippen LogP contribution in [0.2, 0.25) is 0 Å². The average molecular weight is 558 g/mol. The number of fused-ring (bicyclic) bond motifs is 1. The summed E-state index contributed by atoms with van der Waals surface area (Å²) in [5.41, 5.74) is 4.98. The highest BCUT2D eigenvalue weighted by molar-refractivity contribution is 6.36. The van der Waals surface area contributed by atoms with Crippen molar-refractivity contribution in [3.8, 4) is 0 Å². The molecule has 5 atom stereocenters. The van der Waals surface area contributed by atoms with Crippen LogP contribution >= 0.6 is 0 Å². The Kier molecular flexibility index (Phi) is 9.78. The minimum absolute atomic E-state index is 0.0284. The second-order valence-corrected chi connectivity index (χ2v) is 14.0. The number of ketones is 3. The number of piperidine rings is 1. The van der Waals surface area contributed by atoms with Crippen LogP contribution in [0.15, 0.2) is 12.7 Å². The van der Waals surface area contributed by atoms with Crippen molar-refractivity contribution in [3.63, 3.8) is 0 Å². The zero-order valence-corrected chi connectivity index (χ0v) is 24.8. The van der Waals surface area contributed by atoms with E-state index in [1.54, 1.807) is 4.90 Å². The second kappa shape index (κ2) is 12.4. The summed E-state index contributed by atoms with van der Waals surface area (Å²) in [6.45, 7) is 14.1. The molecule has 9 heteroatoms. The van der Waals surface area contributed by atoms with Crippen LogP contribution in [0.25, 0.3) is 0 Å². The third-order valence-corrected chi connectivity index (χ3v) is 9.25. The summed E-state index contributed by atoms with van der Waals surface area (Å²) in [6, 6.07) is -0.708. The third kappa shape index (κ3) is 7.46. The van der Waals surface area contributed by atoms with E-state index in [4.69, 9.17) is 5.73 Å². The first-order valence-corrected chi connectivity index (χ1v) is 14.7. The van der Waals surface area contributed by atoms with E-state index in [1.807, 2.05) is 20.8 Å². The van der Waals surface area contributed by atoms with E-state index in [-0.39, 0.29) is 71.9 Å². The van der Waals surface area contributed by atoms with E-state index in [0.29, 0.717) is 25.3 Å². The van der Waals surface area contributed by atoms with Gasteiger partial charge in [-0.15, -0.1) is 0 Å². The molecule has 0 radical (unpaired) electrons. The minimum atomic E-state index is -1.03. The lowest BCUT2D eigenvalue weighted by atomic mass is 9.76. The van der Waals surface area contributed by atoms with Gasteiger partial charge in [0, 0.05) is 44.2 Å². The van der Waals surface area contributed by atoms with E-state index < -0.39 is 29.6 Å². The number of nitrogens with one attached hydrogen (secondary N) is 1. The van der Waals surface area contributed by atoms with Crippen LogP contribution in [-0.4, -0.2) is 59.1 Å². The van der Waals surface area contributed by atoms with Gasteiger partial charge in [-0.05, 0) is 47.5 Å². The molecule has 2 saturated carbocycles. The van der Waals surface area contributed by atoms with Crippen molar-refractivity contribution < 1.29 is 28.8 Å². The smallest absolute Gasteiger partial charge is 0.285 e. The molecule has 2 aliphatic carbocycles. The molecule has 3 aliphatic rings. The van der Waals surface area contributed by atoms with Crippen molar-refractivity contribution in [3.05, 3.63) is 12.7 Å². The number of Topliss-reactive ketones (excluding diaryl/α,β-unsaturated/α-hetero) is 3. The molecule has 2 unspecified atom stereocenters. The van der Waals surface area contributed by atoms with Crippen molar-refractivity contribution in [2.24, 2.45) is 46.2 Å². The summed E-state index contributed by atoms with van der Waals surface area (Å²) in [6.07, 6.45) is 5.10. The highest BCUT2D eigenvalue weighted by Gasteiger charge is 2.69. The Morgan fingerprint density at radius 3 is 2.25 bits per heavy atom. The summed E-state index contributed by atoms with van der Waals surface area (Å²) >= 11 is 0. The highest BCUT2D eigenvalue weighted by Crippen LogP contribution is 2.65. The standard InChI is InChI=1S/C31H47N3O6/c1-7-24(37)33-12-11-19(14-21(35)16-30(2,3)4)29(40)34-17-22-25(31(22,5)6)26(34)23(36)15-20(27(38)28(32)39)13-18-9-8-10-18/h7,18-20,22,25-26H,1,8-17H2,2-6H3,(H2,32,39)(H,33,37)/t19-,20?,22?,25+,26-/m1/s1. The highest BCUT2D eigenvalue weighted by atomic mass is 16.2. The van der Waals surface area contributed by atoms with Gasteiger partial charge in [-0.1, -0.05) is 60.5 Å². The van der Waals surface area contributed by atoms with Crippen LogP contribution < -0.4 is 11.1 Å². The first kappa shape index (κ1) is 31.7. The van der Waals surface area contributed by atoms with E-state index in [1.165, 1.54) is 0 Å².